The van der Waals surface area contributed by atoms with Gasteiger partial charge in [-0.3, -0.25) is 9.59 Å². The van der Waals surface area contributed by atoms with Gasteiger partial charge in [0.15, 0.2) is 0 Å². The number of carbonyl (C=O) groups is 2. The third-order valence-electron chi connectivity index (χ3n) is 2.66. The van der Waals surface area contributed by atoms with E-state index in [1.807, 2.05) is 13.0 Å². The number of aryl methyl sites for hydroxylation is 1. The molecular weight excluding hydrogens is 266 g/mol. The molecule has 1 rings (SSSR count). The predicted molar refractivity (Wildman–Crippen MR) is 74.4 cm³/mol. The number of benzene rings is 1. The molecule has 1 amide bonds. The summed E-state index contributed by atoms with van der Waals surface area (Å²) >= 11 is 6.04. The highest BCUT2D eigenvalue weighted by Crippen LogP contribution is 2.19. The first-order valence-corrected chi connectivity index (χ1v) is 6.50. The molecule has 0 aliphatic rings. The molecular formula is C14H18ClNO3. The molecule has 0 fully saturated rings. The van der Waals surface area contributed by atoms with E-state index < -0.39 is 0 Å². The number of nitrogens with zero attached hydrogens (tertiary/aromatic N) is 1. The Kier molecular flexibility index (Phi) is 5.83. The number of halogens is 1. The minimum absolute atomic E-state index is 0.180. The monoisotopic (exact) mass is 283 g/mol. The van der Waals surface area contributed by atoms with E-state index >= 15 is 0 Å². The molecule has 1 aromatic carbocycles. The van der Waals surface area contributed by atoms with Crippen LogP contribution in [0, 0.1) is 6.92 Å². The van der Waals surface area contributed by atoms with Crippen molar-refractivity contribution in [3.63, 3.8) is 0 Å². The van der Waals surface area contributed by atoms with E-state index in [0.29, 0.717) is 23.7 Å². The zero-order valence-corrected chi connectivity index (χ0v) is 12.2. The van der Waals surface area contributed by atoms with Crippen LogP contribution in [-0.4, -0.2) is 37.0 Å². The second-order valence-electron chi connectivity index (χ2n) is 4.27. The third-order valence-corrected chi connectivity index (χ3v) is 2.97. The summed E-state index contributed by atoms with van der Waals surface area (Å²) in [6.45, 7) is 4.31. The average Bonchev–Trinajstić information content (AvgIpc) is 2.35. The Morgan fingerprint density at radius 1 is 1.37 bits per heavy atom. The topological polar surface area (TPSA) is 46.6 Å². The number of rotatable bonds is 5. The Morgan fingerprint density at radius 2 is 2.05 bits per heavy atom. The van der Waals surface area contributed by atoms with Crippen molar-refractivity contribution in [2.45, 2.75) is 20.3 Å². The second kappa shape index (κ2) is 7.14. The minimum Gasteiger partial charge on any atom is -0.466 e. The van der Waals surface area contributed by atoms with E-state index in [-0.39, 0.29) is 18.3 Å². The standard InChI is InChI=1S/C14H18ClNO3/c1-4-19-13(17)7-8-16(3)14(18)11-6-5-10(2)9-12(11)15/h5-6,9H,4,7-8H2,1-3H3. The molecule has 0 bridgehead atoms. The maximum atomic E-state index is 12.1. The molecule has 0 saturated carbocycles. The smallest absolute Gasteiger partial charge is 0.307 e. The summed E-state index contributed by atoms with van der Waals surface area (Å²) in [5.74, 6) is -0.508. The molecule has 0 aliphatic heterocycles. The SMILES string of the molecule is CCOC(=O)CCN(C)C(=O)c1ccc(C)cc1Cl. The Balaban J connectivity index is 2.64. The van der Waals surface area contributed by atoms with E-state index in [0.717, 1.165) is 5.56 Å². The highest BCUT2D eigenvalue weighted by atomic mass is 35.5. The summed E-state index contributed by atoms with van der Waals surface area (Å²) in [6, 6.07) is 5.27. The molecule has 1 aromatic rings. The Morgan fingerprint density at radius 3 is 2.63 bits per heavy atom. The quantitative estimate of drug-likeness (QED) is 0.781. The van der Waals surface area contributed by atoms with Crippen LogP contribution in [0.3, 0.4) is 0 Å². The van der Waals surface area contributed by atoms with Crippen LogP contribution in [-0.2, 0) is 9.53 Å². The lowest BCUT2D eigenvalue weighted by Gasteiger charge is -2.17. The van der Waals surface area contributed by atoms with Crippen molar-refractivity contribution >= 4 is 23.5 Å². The van der Waals surface area contributed by atoms with E-state index in [1.54, 1.807) is 26.1 Å². The summed E-state index contributed by atoms with van der Waals surface area (Å²) in [5.41, 5.74) is 1.44. The lowest BCUT2D eigenvalue weighted by Crippen LogP contribution is -2.29. The molecule has 0 atom stereocenters. The highest BCUT2D eigenvalue weighted by Gasteiger charge is 2.16. The van der Waals surface area contributed by atoms with Crippen LogP contribution in [0.25, 0.3) is 0 Å². The van der Waals surface area contributed by atoms with Crippen LogP contribution in [0.1, 0.15) is 29.3 Å². The first-order chi connectivity index (χ1) is 8.95. The molecule has 0 heterocycles. The molecule has 104 valence electrons. The van der Waals surface area contributed by atoms with Crippen molar-refractivity contribution in [3.8, 4) is 0 Å². The number of hydrogen-bond donors (Lipinski definition) is 0. The zero-order valence-electron chi connectivity index (χ0n) is 11.4. The summed E-state index contributed by atoms with van der Waals surface area (Å²) < 4.78 is 4.81. The number of carbonyl (C=O) groups excluding carboxylic acids is 2. The van der Waals surface area contributed by atoms with E-state index in [2.05, 4.69) is 0 Å². The van der Waals surface area contributed by atoms with Gasteiger partial charge in [0.1, 0.15) is 0 Å². The summed E-state index contributed by atoms with van der Waals surface area (Å²) in [7, 11) is 1.64. The second-order valence-corrected chi connectivity index (χ2v) is 4.67. The molecule has 0 unspecified atom stereocenters. The number of hydrogen-bond acceptors (Lipinski definition) is 3. The van der Waals surface area contributed by atoms with Crippen LogP contribution < -0.4 is 0 Å². The molecule has 0 aliphatic carbocycles. The average molecular weight is 284 g/mol. The summed E-state index contributed by atoms with van der Waals surface area (Å²) in [6.07, 6.45) is 0.180. The maximum Gasteiger partial charge on any atom is 0.307 e. The molecule has 5 heteroatoms. The van der Waals surface area contributed by atoms with Crippen molar-refractivity contribution in [3.05, 3.63) is 34.3 Å². The van der Waals surface area contributed by atoms with Gasteiger partial charge in [-0.15, -0.1) is 0 Å². The van der Waals surface area contributed by atoms with E-state index in [1.165, 1.54) is 4.90 Å². The Labute approximate surface area is 118 Å². The first kappa shape index (κ1) is 15.5. The van der Waals surface area contributed by atoms with Gasteiger partial charge in [-0.25, -0.2) is 0 Å². The van der Waals surface area contributed by atoms with Crippen molar-refractivity contribution in [2.24, 2.45) is 0 Å². The Hall–Kier alpha value is -1.55. The molecule has 0 spiro atoms. The van der Waals surface area contributed by atoms with E-state index in [4.69, 9.17) is 16.3 Å². The van der Waals surface area contributed by atoms with Crippen LogP contribution in [0.4, 0.5) is 0 Å². The van der Waals surface area contributed by atoms with E-state index in [9.17, 15) is 9.59 Å². The van der Waals surface area contributed by atoms with Gasteiger partial charge >= 0.3 is 5.97 Å². The van der Waals surface area contributed by atoms with Gasteiger partial charge in [0.2, 0.25) is 0 Å². The van der Waals surface area contributed by atoms with Gasteiger partial charge in [0, 0.05) is 13.6 Å². The van der Waals surface area contributed by atoms with Gasteiger partial charge < -0.3 is 9.64 Å². The van der Waals surface area contributed by atoms with Crippen molar-refractivity contribution in [2.75, 3.05) is 20.2 Å². The molecule has 4 nitrogen and oxygen atoms in total. The molecule has 0 saturated heterocycles. The third kappa shape index (κ3) is 4.56. The largest absolute Gasteiger partial charge is 0.466 e. The zero-order chi connectivity index (χ0) is 14.4. The van der Waals surface area contributed by atoms with Crippen molar-refractivity contribution in [1.82, 2.24) is 4.90 Å². The molecule has 19 heavy (non-hydrogen) atoms. The van der Waals surface area contributed by atoms with Crippen LogP contribution >= 0.6 is 11.6 Å². The van der Waals surface area contributed by atoms with Crippen LogP contribution in [0.2, 0.25) is 5.02 Å². The fourth-order valence-corrected chi connectivity index (χ4v) is 1.91. The molecule has 0 radical (unpaired) electrons. The fraction of sp³-hybridized carbons (Fsp3) is 0.429. The normalized spacial score (nSPS) is 10.1. The van der Waals surface area contributed by atoms with Crippen LogP contribution in [0.15, 0.2) is 18.2 Å². The number of amides is 1. The summed E-state index contributed by atoms with van der Waals surface area (Å²) in [5, 5.41) is 0.424. The first-order valence-electron chi connectivity index (χ1n) is 6.13. The predicted octanol–water partition coefficient (Wildman–Crippen LogP) is 2.67. The number of ether oxygens (including phenoxy) is 1. The molecule has 0 aromatic heterocycles. The van der Waals surface area contributed by atoms with Crippen LogP contribution in [0.5, 0.6) is 0 Å². The van der Waals surface area contributed by atoms with Gasteiger partial charge in [-0.1, -0.05) is 17.7 Å². The lowest BCUT2D eigenvalue weighted by atomic mass is 10.1. The van der Waals surface area contributed by atoms with Gasteiger partial charge in [-0.05, 0) is 31.5 Å². The van der Waals surface area contributed by atoms with Crippen molar-refractivity contribution in [1.29, 1.82) is 0 Å². The minimum atomic E-state index is -0.308. The maximum absolute atomic E-state index is 12.1. The Bertz CT molecular complexity index is 474. The van der Waals surface area contributed by atoms with Gasteiger partial charge in [-0.2, -0.15) is 0 Å². The fourth-order valence-electron chi connectivity index (χ4n) is 1.59. The number of esters is 1. The lowest BCUT2D eigenvalue weighted by molar-refractivity contribution is -0.143. The summed E-state index contributed by atoms with van der Waals surface area (Å²) in [4.78, 5) is 24.8. The highest BCUT2D eigenvalue weighted by molar-refractivity contribution is 6.33. The van der Waals surface area contributed by atoms with Gasteiger partial charge in [0.05, 0.1) is 23.6 Å². The van der Waals surface area contributed by atoms with Crippen molar-refractivity contribution < 1.29 is 14.3 Å². The molecule has 0 N–H and O–H groups in total. The van der Waals surface area contributed by atoms with Gasteiger partial charge in [0.25, 0.3) is 5.91 Å².